The molecule has 0 unspecified atom stereocenters. The molecule has 148 valence electrons. The predicted octanol–water partition coefficient (Wildman–Crippen LogP) is 4.29. The number of carbonyl (C=O) groups is 2. The van der Waals surface area contributed by atoms with Crippen molar-refractivity contribution in [3.05, 3.63) is 91.4 Å². The van der Waals surface area contributed by atoms with Gasteiger partial charge in [0.2, 0.25) is 0 Å². The molecule has 0 saturated carbocycles. The number of nitro groups is 1. The van der Waals surface area contributed by atoms with Crippen LogP contribution in [0.5, 0.6) is 0 Å². The van der Waals surface area contributed by atoms with Crippen LogP contribution in [0.25, 0.3) is 0 Å². The molecule has 0 aliphatic heterocycles. The summed E-state index contributed by atoms with van der Waals surface area (Å²) in [5.41, 5.74) is 1.50. The minimum atomic E-state index is -0.518. The van der Waals surface area contributed by atoms with E-state index in [1.807, 2.05) is 0 Å². The number of rotatable bonds is 6. The van der Waals surface area contributed by atoms with Crippen LogP contribution in [0, 0.1) is 22.9 Å². The Morgan fingerprint density at radius 3 is 2.48 bits per heavy atom. The van der Waals surface area contributed by atoms with Gasteiger partial charge in [0.15, 0.2) is 0 Å². The van der Waals surface area contributed by atoms with E-state index in [2.05, 4.69) is 10.6 Å². The first-order valence-corrected chi connectivity index (χ1v) is 9.34. The van der Waals surface area contributed by atoms with Crippen molar-refractivity contribution < 1.29 is 18.9 Å². The summed E-state index contributed by atoms with van der Waals surface area (Å²) in [7, 11) is 0. The van der Waals surface area contributed by atoms with Crippen LogP contribution in [-0.4, -0.2) is 16.7 Å². The van der Waals surface area contributed by atoms with Gasteiger partial charge in [-0.1, -0.05) is 12.1 Å². The molecule has 0 fully saturated rings. The molecule has 2 N–H and O–H groups in total. The largest absolute Gasteiger partial charge is 0.347 e. The van der Waals surface area contributed by atoms with Gasteiger partial charge in [0.25, 0.3) is 17.5 Å². The van der Waals surface area contributed by atoms with Crippen molar-refractivity contribution in [1.82, 2.24) is 5.32 Å². The van der Waals surface area contributed by atoms with E-state index in [1.165, 1.54) is 30.3 Å². The van der Waals surface area contributed by atoms with Crippen LogP contribution in [0.15, 0.2) is 54.6 Å². The van der Waals surface area contributed by atoms with Crippen LogP contribution in [0.2, 0.25) is 0 Å². The third-order valence-corrected chi connectivity index (χ3v) is 5.09. The Morgan fingerprint density at radius 2 is 1.83 bits per heavy atom. The first-order chi connectivity index (χ1) is 13.8. The van der Waals surface area contributed by atoms with Crippen molar-refractivity contribution in [3.63, 3.8) is 0 Å². The van der Waals surface area contributed by atoms with Crippen molar-refractivity contribution in [2.45, 2.75) is 13.5 Å². The number of hydrogen-bond acceptors (Lipinski definition) is 5. The summed E-state index contributed by atoms with van der Waals surface area (Å²) in [5.74, 6) is -1.22. The standard InChI is InChI=1S/C20H16FN3O4S/c1-12-17(24(27)28)10-18(29-12)20(26)22-11-13-3-2-4-16(9-13)23-19(25)14-5-7-15(21)8-6-14/h2-10H,11H2,1H3,(H,22,26)(H,23,25). The number of aryl methyl sites for hydroxylation is 1. The molecular weight excluding hydrogens is 397 g/mol. The van der Waals surface area contributed by atoms with Crippen molar-refractivity contribution in [3.8, 4) is 0 Å². The summed E-state index contributed by atoms with van der Waals surface area (Å²) in [6.07, 6.45) is 0. The fourth-order valence-electron chi connectivity index (χ4n) is 2.60. The molecule has 7 nitrogen and oxygen atoms in total. The Morgan fingerprint density at radius 1 is 1.10 bits per heavy atom. The lowest BCUT2D eigenvalue weighted by Crippen LogP contribution is -2.22. The molecule has 0 aliphatic carbocycles. The quantitative estimate of drug-likeness (QED) is 0.465. The zero-order valence-electron chi connectivity index (χ0n) is 15.3. The second kappa shape index (κ2) is 8.61. The van der Waals surface area contributed by atoms with Crippen LogP contribution >= 0.6 is 11.3 Å². The maximum absolute atomic E-state index is 13.0. The van der Waals surface area contributed by atoms with Crippen molar-refractivity contribution in [1.29, 1.82) is 0 Å². The van der Waals surface area contributed by atoms with Crippen LogP contribution in [0.3, 0.4) is 0 Å². The van der Waals surface area contributed by atoms with Gasteiger partial charge in [-0.05, 0) is 48.9 Å². The van der Waals surface area contributed by atoms with Crippen LogP contribution in [0.1, 0.15) is 30.5 Å². The van der Waals surface area contributed by atoms with E-state index in [0.717, 1.165) is 16.9 Å². The van der Waals surface area contributed by atoms with Crippen molar-refractivity contribution >= 4 is 34.5 Å². The zero-order valence-corrected chi connectivity index (χ0v) is 16.1. The molecule has 0 spiro atoms. The second-order valence-electron chi connectivity index (χ2n) is 6.15. The molecule has 3 rings (SSSR count). The average Bonchev–Trinajstić information content (AvgIpc) is 3.09. The summed E-state index contributed by atoms with van der Waals surface area (Å²) in [6, 6.07) is 13.3. The van der Waals surface area contributed by atoms with Crippen molar-refractivity contribution in [2.75, 3.05) is 5.32 Å². The molecule has 0 aliphatic rings. The van der Waals surface area contributed by atoms with Gasteiger partial charge in [-0.15, -0.1) is 11.3 Å². The fourth-order valence-corrected chi connectivity index (χ4v) is 3.50. The van der Waals surface area contributed by atoms with Gasteiger partial charge in [-0.2, -0.15) is 0 Å². The molecule has 1 heterocycles. The Kier molecular flexibility index (Phi) is 5.99. The Labute approximate surface area is 169 Å². The van der Waals surface area contributed by atoms with Gasteiger partial charge in [-0.25, -0.2) is 4.39 Å². The highest BCUT2D eigenvalue weighted by molar-refractivity contribution is 7.14. The highest BCUT2D eigenvalue weighted by atomic mass is 32.1. The first kappa shape index (κ1) is 20.2. The molecule has 29 heavy (non-hydrogen) atoms. The first-order valence-electron chi connectivity index (χ1n) is 8.52. The molecule has 0 saturated heterocycles. The van der Waals surface area contributed by atoms with Gasteiger partial charge in [0.1, 0.15) is 5.82 Å². The lowest BCUT2D eigenvalue weighted by Gasteiger charge is -2.08. The molecule has 0 atom stereocenters. The SMILES string of the molecule is Cc1sc(C(=O)NCc2cccc(NC(=O)c3ccc(F)cc3)c2)cc1[N+](=O)[O-]. The summed E-state index contributed by atoms with van der Waals surface area (Å²) in [5, 5.41) is 16.3. The third kappa shape index (κ3) is 5.02. The van der Waals surface area contributed by atoms with Crippen LogP contribution in [0.4, 0.5) is 15.8 Å². The molecule has 9 heteroatoms. The lowest BCUT2D eigenvalue weighted by molar-refractivity contribution is -0.385. The van der Waals surface area contributed by atoms with E-state index >= 15 is 0 Å². The molecule has 0 radical (unpaired) electrons. The molecule has 0 bridgehead atoms. The van der Waals surface area contributed by atoms with E-state index in [0.29, 0.717) is 16.1 Å². The normalized spacial score (nSPS) is 10.4. The van der Waals surface area contributed by atoms with Crippen LogP contribution in [-0.2, 0) is 6.54 Å². The molecule has 2 aromatic carbocycles. The maximum Gasteiger partial charge on any atom is 0.283 e. The number of halogens is 1. The van der Waals surface area contributed by atoms with E-state index in [4.69, 9.17) is 0 Å². The predicted molar refractivity (Wildman–Crippen MR) is 108 cm³/mol. The Hall–Kier alpha value is -3.59. The molecular formula is C20H16FN3O4S. The van der Waals surface area contributed by atoms with Crippen LogP contribution < -0.4 is 10.6 Å². The van der Waals surface area contributed by atoms with Gasteiger partial charge in [0, 0.05) is 23.9 Å². The number of nitrogens with one attached hydrogen (secondary N) is 2. The van der Waals surface area contributed by atoms with Gasteiger partial charge in [-0.3, -0.25) is 19.7 Å². The minimum absolute atomic E-state index is 0.0781. The fraction of sp³-hybridized carbons (Fsp3) is 0.100. The topological polar surface area (TPSA) is 101 Å². The van der Waals surface area contributed by atoms with Crippen molar-refractivity contribution in [2.24, 2.45) is 0 Å². The lowest BCUT2D eigenvalue weighted by atomic mass is 10.1. The number of anilines is 1. The average molecular weight is 413 g/mol. The highest BCUT2D eigenvalue weighted by Crippen LogP contribution is 2.28. The number of nitrogens with zero attached hydrogens (tertiary/aromatic N) is 1. The summed E-state index contributed by atoms with van der Waals surface area (Å²) in [6.45, 7) is 1.77. The number of benzene rings is 2. The molecule has 2 amide bonds. The second-order valence-corrected chi connectivity index (χ2v) is 7.41. The van der Waals surface area contributed by atoms with E-state index in [-0.39, 0.29) is 23.0 Å². The smallest absolute Gasteiger partial charge is 0.283 e. The highest BCUT2D eigenvalue weighted by Gasteiger charge is 2.19. The van der Waals surface area contributed by atoms with E-state index in [1.54, 1.807) is 31.2 Å². The van der Waals surface area contributed by atoms with Gasteiger partial charge in [0.05, 0.1) is 14.7 Å². The van der Waals surface area contributed by atoms with E-state index in [9.17, 15) is 24.1 Å². The monoisotopic (exact) mass is 413 g/mol. The zero-order chi connectivity index (χ0) is 21.0. The van der Waals surface area contributed by atoms with E-state index < -0.39 is 16.6 Å². The number of thiophene rings is 1. The van der Waals surface area contributed by atoms with Gasteiger partial charge < -0.3 is 10.6 Å². The number of carbonyl (C=O) groups excluding carboxylic acids is 2. The summed E-state index contributed by atoms with van der Waals surface area (Å²) < 4.78 is 13.0. The summed E-state index contributed by atoms with van der Waals surface area (Å²) >= 11 is 1.06. The third-order valence-electron chi connectivity index (χ3n) is 4.06. The maximum atomic E-state index is 13.0. The summed E-state index contributed by atoms with van der Waals surface area (Å²) in [4.78, 5) is 35.6. The molecule has 3 aromatic rings. The number of amides is 2. The Bertz CT molecular complexity index is 1080. The van der Waals surface area contributed by atoms with Gasteiger partial charge >= 0.3 is 0 Å². The molecule has 1 aromatic heterocycles. The Balaban J connectivity index is 1.63. The minimum Gasteiger partial charge on any atom is -0.347 e. The number of hydrogen-bond donors (Lipinski definition) is 2.